The Morgan fingerprint density at radius 2 is 1.64 bits per heavy atom. The minimum atomic E-state index is -0.789. The molecule has 0 saturated carbocycles. The quantitative estimate of drug-likeness (QED) is 0.600. The van der Waals surface area contributed by atoms with Crippen LogP contribution in [0.2, 0.25) is 0 Å². The minimum Gasteiger partial charge on any atom is -0.481 e. The highest BCUT2D eigenvalue weighted by molar-refractivity contribution is 5.91. The van der Waals surface area contributed by atoms with Gasteiger partial charge in [-0.1, -0.05) is 39.8 Å². The summed E-state index contributed by atoms with van der Waals surface area (Å²) >= 11 is 0. The number of hydrogen-bond donors (Lipinski definition) is 3. The Bertz CT molecular complexity index is 553. The van der Waals surface area contributed by atoms with E-state index in [1.807, 2.05) is 45.0 Å². The molecule has 2 unspecified atom stereocenters. The summed E-state index contributed by atoms with van der Waals surface area (Å²) in [5.41, 5.74) is 2.02. The van der Waals surface area contributed by atoms with E-state index >= 15 is 0 Å². The van der Waals surface area contributed by atoms with E-state index in [4.69, 9.17) is 0 Å². The Morgan fingerprint density at radius 3 is 2.12 bits per heavy atom. The summed E-state index contributed by atoms with van der Waals surface area (Å²) in [5, 5.41) is 15.3. The molecule has 1 aromatic carbocycles. The molecule has 0 aliphatic rings. The molecule has 0 aliphatic heterocycles. The van der Waals surface area contributed by atoms with Crippen LogP contribution in [0.15, 0.2) is 24.3 Å². The molecule has 5 nitrogen and oxygen atoms in total. The molecule has 1 rings (SSSR count). The number of carboxylic acid groups (broad SMARTS) is 1. The average Bonchev–Trinajstić information content (AvgIpc) is 2.51. The van der Waals surface area contributed by atoms with Gasteiger partial charge in [0.2, 0.25) is 5.91 Å². The molecule has 5 heteroatoms. The number of amides is 1. The summed E-state index contributed by atoms with van der Waals surface area (Å²) in [6, 6.07) is 7.78. The van der Waals surface area contributed by atoms with Crippen molar-refractivity contribution in [1.29, 1.82) is 0 Å². The Labute approximate surface area is 151 Å². The van der Waals surface area contributed by atoms with Crippen LogP contribution in [-0.4, -0.2) is 29.6 Å². The van der Waals surface area contributed by atoms with Crippen LogP contribution in [0.25, 0.3) is 0 Å². The Balaban J connectivity index is 2.44. The van der Waals surface area contributed by atoms with Crippen LogP contribution in [-0.2, 0) is 9.59 Å². The van der Waals surface area contributed by atoms with Gasteiger partial charge in [0.05, 0.1) is 5.92 Å². The van der Waals surface area contributed by atoms with Crippen molar-refractivity contribution in [3.05, 3.63) is 29.8 Å². The van der Waals surface area contributed by atoms with Gasteiger partial charge in [-0.2, -0.15) is 0 Å². The lowest BCUT2D eigenvalue weighted by Gasteiger charge is -2.19. The fraction of sp³-hybridized carbons (Fsp3) is 0.600. The fourth-order valence-electron chi connectivity index (χ4n) is 2.70. The lowest BCUT2D eigenvalue weighted by Crippen LogP contribution is -2.37. The van der Waals surface area contributed by atoms with E-state index in [-0.39, 0.29) is 11.9 Å². The second-order valence-corrected chi connectivity index (χ2v) is 7.50. The second kappa shape index (κ2) is 10.2. The largest absolute Gasteiger partial charge is 0.481 e. The highest BCUT2D eigenvalue weighted by atomic mass is 16.4. The summed E-state index contributed by atoms with van der Waals surface area (Å²) in [5.74, 6) is -0.498. The second-order valence-electron chi connectivity index (χ2n) is 7.50. The van der Waals surface area contributed by atoms with Crippen LogP contribution >= 0.6 is 0 Å². The third kappa shape index (κ3) is 8.16. The van der Waals surface area contributed by atoms with Crippen LogP contribution in [0.4, 0.5) is 5.69 Å². The molecule has 2 atom stereocenters. The molecule has 0 bridgehead atoms. The van der Waals surface area contributed by atoms with Gasteiger partial charge in [0.25, 0.3) is 0 Å². The van der Waals surface area contributed by atoms with Crippen molar-refractivity contribution in [2.45, 2.75) is 59.4 Å². The number of nitrogens with one attached hydrogen (secondary N) is 2. The molecular formula is C20H32N2O3. The first-order valence-corrected chi connectivity index (χ1v) is 9.05. The highest BCUT2D eigenvalue weighted by Crippen LogP contribution is 2.17. The number of rotatable bonds is 10. The van der Waals surface area contributed by atoms with E-state index in [2.05, 4.69) is 24.5 Å². The maximum absolute atomic E-state index is 12.1. The number of hydrogen-bond acceptors (Lipinski definition) is 3. The molecule has 0 aliphatic carbocycles. The summed E-state index contributed by atoms with van der Waals surface area (Å²) < 4.78 is 0. The fourth-order valence-corrected chi connectivity index (χ4v) is 2.70. The van der Waals surface area contributed by atoms with Gasteiger partial charge in [-0.15, -0.1) is 0 Å². The number of carbonyl (C=O) groups excluding carboxylic acids is 1. The van der Waals surface area contributed by atoms with Crippen LogP contribution in [0, 0.1) is 11.8 Å². The summed E-state index contributed by atoms with van der Waals surface area (Å²) in [4.78, 5) is 23.4. The van der Waals surface area contributed by atoms with Crippen LogP contribution in [0.1, 0.15) is 58.9 Å². The van der Waals surface area contributed by atoms with E-state index in [1.165, 1.54) is 5.56 Å². The van der Waals surface area contributed by atoms with Gasteiger partial charge in [-0.25, -0.2) is 0 Å². The van der Waals surface area contributed by atoms with Gasteiger partial charge < -0.3 is 15.7 Å². The average molecular weight is 348 g/mol. The van der Waals surface area contributed by atoms with Crippen molar-refractivity contribution >= 4 is 17.6 Å². The van der Waals surface area contributed by atoms with Gasteiger partial charge in [-0.3, -0.25) is 9.59 Å². The zero-order valence-corrected chi connectivity index (χ0v) is 16.0. The van der Waals surface area contributed by atoms with Crippen molar-refractivity contribution in [2.24, 2.45) is 11.8 Å². The molecule has 0 aromatic heterocycles. The van der Waals surface area contributed by atoms with Crippen molar-refractivity contribution in [3.8, 4) is 0 Å². The molecule has 0 radical (unpaired) electrons. The predicted octanol–water partition coefficient (Wildman–Crippen LogP) is 3.86. The first-order valence-electron chi connectivity index (χ1n) is 9.05. The number of aliphatic carboxylic acids is 1. The molecular weight excluding hydrogens is 316 g/mol. The van der Waals surface area contributed by atoms with Crippen molar-refractivity contribution in [1.82, 2.24) is 5.32 Å². The van der Waals surface area contributed by atoms with E-state index in [0.717, 1.165) is 5.69 Å². The molecule has 0 spiro atoms. The molecule has 0 fully saturated rings. The lowest BCUT2D eigenvalue weighted by atomic mass is 9.97. The van der Waals surface area contributed by atoms with Gasteiger partial charge in [0.15, 0.2) is 0 Å². The monoisotopic (exact) mass is 348 g/mol. The topological polar surface area (TPSA) is 78.4 Å². The smallest absolute Gasteiger partial charge is 0.307 e. The van der Waals surface area contributed by atoms with Gasteiger partial charge in [0, 0.05) is 24.7 Å². The Kier molecular flexibility index (Phi) is 8.62. The first kappa shape index (κ1) is 21.2. The van der Waals surface area contributed by atoms with E-state index in [9.17, 15) is 14.7 Å². The van der Waals surface area contributed by atoms with E-state index < -0.39 is 11.9 Å². The zero-order chi connectivity index (χ0) is 19.0. The van der Waals surface area contributed by atoms with E-state index in [1.54, 1.807) is 0 Å². The first-order chi connectivity index (χ1) is 11.7. The molecule has 0 saturated heterocycles. The lowest BCUT2D eigenvalue weighted by molar-refractivity contribution is -0.142. The highest BCUT2D eigenvalue weighted by Gasteiger charge is 2.20. The summed E-state index contributed by atoms with van der Waals surface area (Å²) in [6.07, 6.45) is 0.934. The summed E-state index contributed by atoms with van der Waals surface area (Å²) in [7, 11) is 0. The minimum absolute atomic E-state index is 0.0759. The standard InChI is InChI=1S/C20H32N2O3/c1-13(2)10-17(20(24)25)12-21-15(5)11-19(23)22-18-8-6-16(7-9-18)14(3)4/h6-9,13-15,17,21H,10-12H2,1-5H3,(H,22,23)(H,24,25). The third-order valence-corrected chi connectivity index (χ3v) is 4.17. The predicted molar refractivity (Wildman–Crippen MR) is 102 cm³/mol. The third-order valence-electron chi connectivity index (χ3n) is 4.17. The van der Waals surface area contributed by atoms with Crippen LogP contribution < -0.4 is 10.6 Å². The molecule has 1 amide bonds. The van der Waals surface area contributed by atoms with Gasteiger partial charge in [0.1, 0.15) is 0 Å². The van der Waals surface area contributed by atoms with Gasteiger partial charge in [-0.05, 0) is 42.9 Å². The molecule has 3 N–H and O–H groups in total. The van der Waals surface area contributed by atoms with Crippen molar-refractivity contribution in [2.75, 3.05) is 11.9 Å². The van der Waals surface area contributed by atoms with Crippen LogP contribution in [0.5, 0.6) is 0 Å². The van der Waals surface area contributed by atoms with E-state index in [0.29, 0.717) is 31.2 Å². The zero-order valence-electron chi connectivity index (χ0n) is 16.0. The number of carboxylic acids is 1. The molecule has 0 heterocycles. The molecule has 25 heavy (non-hydrogen) atoms. The summed E-state index contributed by atoms with van der Waals surface area (Å²) in [6.45, 7) is 10.6. The number of carbonyl (C=O) groups is 2. The Morgan fingerprint density at radius 1 is 1.04 bits per heavy atom. The maximum atomic E-state index is 12.1. The maximum Gasteiger partial charge on any atom is 0.307 e. The SMILES string of the molecule is CC(C)CC(CNC(C)CC(=O)Nc1ccc(C(C)C)cc1)C(=O)O. The molecule has 140 valence electrons. The van der Waals surface area contributed by atoms with Gasteiger partial charge >= 0.3 is 5.97 Å². The Hall–Kier alpha value is -1.88. The van der Waals surface area contributed by atoms with Crippen molar-refractivity contribution < 1.29 is 14.7 Å². The van der Waals surface area contributed by atoms with Crippen molar-refractivity contribution in [3.63, 3.8) is 0 Å². The van der Waals surface area contributed by atoms with Crippen LogP contribution in [0.3, 0.4) is 0 Å². The number of benzene rings is 1. The molecule has 1 aromatic rings. The normalized spacial score (nSPS) is 13.7. The number of anilines is 1.